The summed E-state index contributed by atoms with van der Waals surface area (Å²) in [5.41, 5.74) is 3.72. The van der Waals surface area contributed by atoms with Gasteiger partial charge in [0.25, 0.3) is 0 Å². The van der Waals surface area contributed by atoms with Crippen LogP contribution in [0.25, 0.3) is 4.85 Å². The molecule has 7 heteroatoms. The van der Waals surface area contributed by atoms with E-state index in [0.29, 0.717) is 37.2 Å². The largest absolute Gasteiger partial charge is 0.484 e. The lowest BCUT2D eigenvalue weighted by Crippen LogP contribution is -2.23. The number of nitrogens with zero attached hydrogens (tertiary/aromatic N) is 2. The van der Waals surface area contributed by atoms with E-state index in [1.165, 1.54) is 11.0 Å². The molecular formula is C17H18BN3O3. The molecule has 2 aromatic rings. The van der Waals surface area contributed by atoms with Crippen LogP contribution in [0.2, 0.25) is 6.82 Å². The lowest BCUT2D eigenvalue weighted by molar-refractivity contribution is 0.144. The van der Waals surface area contributed by atoms with E-state index in [1.54, 1.807) is 19.2 Å². The maximum absolute atomic E-state index is 7.20. The summed E-state index contributed by atoms with van der Waals surface area (Å²) in [6, 6.07) is 9.60. The van der Waals surface area contributed by atoms with Crippen molar-refractivity contribution >= 4 is 29.6 Å². The first-order valence-corrected chi connectivity index (χ1v) is 7.73. The molecule has 1 aliphatic heterocycles. The number of fused-ring (bicyclic) bond motifs is 1. The molecule has 0 spiro atoms. The van der Waals surface area contributed by atoms with Crippen molar-refractivity contribution in [1.29, 1.82) is 0 Å². The van der Waals surface area contributed by atoms with E-state index >= 15 is 0 Å². The number of hydrogen-bond acceptors (Lipinski definition) is 5. The minimum absolute atomic E-state index is 0.144. The first kappa shape index (κ1) is 16.3. The molecule has 0 amide bonds. The van der Waals surface area contributed by atoms with Crippen LogP contribution in [0, 0.1) is 6.57 Å². The Morgan fingerprint density at radius 1 is 1.33 bits per heavy atom. The van der Waals surface area contributed by atoms with E-state index in [4.69, 9.17) is 20.7 Å². The van der Waals surface area contributed by atoms with Crippen molar-refractivity contribution in [3.8, 4) is 5.88 Å². The molecule has 6 nitrogen and oxygen atoms in total. The van der Waals surface area contributed by atoms with Crippen molar-refractivity contribution in [3.63, 3.8) is 0 Å². The van der Waals surface area contributed by atoms with Crippen LogP contribution in [-0.2, 0) is 16.0 Å². The summed E-state index contributed by atoms with van der Waals surface area (Å²) in [7, 11) is 1.60. The number of pyridine rings is 1. The quantitative estimate of drug-likeness (QED) is 0.503. The van der Waals surface area contributed by atoms with Gasteiger partial charge in [0.2, 0.25) is 11.6 Å². The van der Waals surface area contributed by atoms with Crippen LogP contribution in [0.4, 0.5) is 17.2 Å². The van der Waals surface area contributed by atoms with Gasteiger partial charge in [0.15, 0.2) is 0 Å². The molecule has 1 aliphatic rings. The molecule has 0 saturated carbocycles. The van der Waals surface area contributed by atoms with Gasteiger partial charge in [-0.25, -0.2) is 9.83 Å². The zero-order chi connectivity index (χ0) is 16.9. The lowest BCUT2D eigenvalue weighted by atomic mass is 9.64. The fourth-order valence-electron chi connectivity index (χ4n) is 2.57. The Bertz CT molecular complexity index is 776. The SMILES string of the molecule is [C-]#[N+]c1ccc(Nc2ccc3c(c2)COB3C)nc1OCCOC. The Hall–Kier alpha value is -2.56. The monoisotopic (exact) mass is 323 g/mol. The number of nitrogens with one attached hydrogen (secondary N) is 1. The van der Waals surface area contributed by atoms with Gasteiger partial charge in [-0.1, -0.05) is 12.9 Å². The molecule has 0 bridgehead atoms. The number of hydrogen-bond donors (Lipinski definition) is 1. The van der Waals surface area contributed by atoms with E-state index in [0.717, 1.165) is 5.69 Å². The predicted octanol–water partition coefficient (Wildman–Crippen LogP) is 2.76. The fourth-order valence-corrected chi connectivity index (χ4v) is 2.57. The summed E-state index contributed by atoms with van der Waals surface area (Å²) in [5.74, 6) is 0.937. The number of ether oxygens (including phenoxy) is 2. The molecule has 0 fully saturated rings. The Balaban J connectivity index is 1.78. The normalized spacial score (nSPS) is 12.6. The molecule has 24 heavy (non-hydrogen) atoms. The van der Waals surface area contributed by atoms with Crippen LogP contribution in [0.1, 0.15) is 5.56 Å². The molecule has 0 radical (unpaired) electrons. The summed E-state index contributed by atoms with van der Waals surface area (Å²) in [5, 5.41) is 3.25. The molecule has 1 aromatic carbocycles. The molecule has 122 valence electrons. The average molecular weight is 323 g/mol. The summed E-state index contributed by atoms with van der Waals surface area (Å²) in [6.07, 6.45) is 0. The first-order valence-electron chi connectivity index (χ1n) is 7.73. The van der Waals surface area contributed by atoms with E-state index in [2.05, 4.69) is 27.3 Å². The zero-order valence-corrected chi connectivity index (χ0v) is 13.7. The van der Waals surface area contributed by atoms with Gasteiger partial charge in [-0.2, -0.15) is 0 Å². The number of aromatic nitrogens is 1. The van der Waals surface area contributed by atoms with Gasteiger partial charge >= 0.3 is 6.92 Å². The van der Waals surface area contributed by atoms with Crippen molar-refractivity contribution in [1.82, 2.24) is 4.98 Å². The number of anilines is 2. The minimum atomic E-state index is 0.144. The molecule has 0 atom stereocenters. The van der Waals surface area contributed by atoms with Gasteiger partial charge in [-0.15, -0.1) is 0 Å². The Morgan fingerprint density at radius 2 is 2.21 bits per heavy atom. The van der Waals surface area contributed by atoms with E-state index in [-0.39, 0.29) is 6.92 Å². The van der Waals surface area contributed by atoms with Gasteiger partial charge in [0, 0.05) is 12.8 Å². The van der Waals surface area contributed by atoms with Crippen LogP contribution in [0.5, 0.6) is 5.88 Å². The third kappa shape index (κ3) is 3.50. The molecule has 0 aliphatic carbocycles. The van der Waals surface area contributed by atoms with Crippen molar-refractivity contribution in [2.45, 2.75) is 13.4 Å². The third-order valence-corrected chi connectivity index (χ3v) is 3.83. The highest BCUT2D eigenvalue weighted by Gasteiger charge is 2.23. The predicted molar refractivity (Wildman–Crippen MR) is 93.6 cm³/mol. The standard InChI is InChI=1S/C17H18BN3O3/c1-18-14-5-4-13(10-12(14)11-24-18)20-16-7-6-15(19-2)17(21-16)23-9-8-22-3/h4-7,10H,8-9,11H2,1,3H3,(H,20,21). The van der Waals surface area contributed by atoms with Gasteiger partial charge in [-0.05, 0) is 35.3 Å². The smallest absolute Gasteiger partial charge is 0.324 e. The lowest BCUT2D eigenvalue weighted by Gasteiger charge is -2.11. The third-order valence-electron chi connectivity index (χ3n) is 3.83. The molecule has 1 N–H and O–H groups in total. The molecular weight excluding hydrogens is 305 g/mol. The second-order valence-electron chi connectivity index (χ2n) is 5.47. The Labute approximate surface area is 141 Å². The summed E-state index contributed by atoms with van der Waals surface area (Å²) in [4.78, 5) is 7.82. The maximum atomic E-state index is 7.20. The fraction of sp³-hybridized carbons (Fsp3) is 0.294. The Morgan fingerprint density at radius 3 is 3.00 bits per heavy atom. The van der Waals surface area contributed by atoms with E-state index in [1.807, 2.05) is 12.9 Å². The highest BCUT2D eigenvalue weighted by Crippen LogP contribution is 2.28. The van der Waals surface area contributed by atoms with Crippen molar-refractivity contribution in [2.24, 2.45) is 0 Å². The molecule has 1 aromatic heterocycles. The summed E-state index contributed by atoms with van der Waals surface area (Å²) < 4.78 is 16.1. The van der Waals surface area contributed by atoms with Crippen molar-refractivity contribution < 1.29 is 14.1 Å². The minimum Gasteiger partial charge on any atom is -0.484 e. The molecule has 3 rings (SSSR count). The first-order chi connectivity index (χ1) is 11.7. The maximum Gasteiger partial charge on any atom is 0.324 e. The second-order valence-corrected chi connectivity index (χ2v) is 5.47. The number of benzene rings is 1. The van der Waals surface area contributed by atoms with Gasteiger partial charge in [-0.3, -0.25) is 0 Å². The summed E-state index contributed by atoms with van der Waals surface area (Å²) >= 11 is 0. The van der Waals surface area contributed by atoms with Crippen LogP contribution < -0.4 is 15.5 Å². The van der Waals surface area contributed by atoms with Gasteiger partial charge < -0.3 is 19.4 Å². The average Bonchev–Trinajstić information content (AvgIpc) is 2.96. The number of methoxy groups -OCH3 is 1. The van der Waals surface area contributed by atoms with Crippen LogP contribution in [-0.4, -0.2) is 32.2 Å². The summed E-state index contributed by atoms with van der Waals surface area (Å²) in [6.45, 7) is 10.8. The molecule has 0 unspecified atom stereocenters. The zero-order valence-electron chi connectivity index (χ0n) is 13.7. The number of rotatable bonds is 6. The highest BCUT2D eigenvalue weighted by atomic mass is 16.5. The highest BCUT2D eigenvalue weighted by molar-refractivity contribution is 6.67. The van der Waals surface area contributed by atoms with Crippen molar-refractivity contribution in [2.75, 3.05) is 25.6 Å². The van der Waals surface area contributed by atoms with Crippen LogP contribution in [0.3, 0.4) is 0 Å². The van der Waals surface area contributed by atoms with E-state index in [9.17, 15) is 0 Å². The second kappa shape index (κ2) is 7.34. The van der Waals surface area contributed by atoms with Crippen LogP contribution >= 0.6 is 0 Å². The van der Waals surface area contributed by atoms with Gasteiger partial charge in [0.05, 0.1) is 19.8 Å². The molecule has 0 saturated heterocycles. The van der Waals surface area contributed by atoms with Gasteiger partial charge in [0.1, 0.15) is 12.4 Å². The van der Waals surface area contributed by atoms with E-state index < -0.39 is 0 Å². The van der Waals surface area contributed by atoms with Crippen molar-refractivity contribution in [3.05, 3.63) is 47.3 Å². The topological polar surface area (TPSA) is 57.0 Å². The molecule has 2 heterocycles. The Kier molecular flexibility index (Phi) is 4.99. The van der Waals surface area contributed by atoms with Crippen LogP contribution in [0.15, 0.2) is 30.3 Å².